The molecule has 156 valence electrons. The molecule has 0 spiro atoms. The molecule has 1 unspecified atom stereocenters. The number of aryl methyl sites for hydroxylation is 1. The summed E-state index contributed by atoms with van der Waals surface area (Å²) in [6, 6.07) is 19.7. The predicted molar refractivity (Wildman–Crippen MR) is 123 cm³/mol. The number of fused-ring (bicyclic) bond motifs is 2. The summed E-state index contributed by atoms with van der Waals surface area (Å²) in [5.41, 5.74) is 4.77. The molecule has 5 rings (SSSR count). The third-order valence-electron chi connectivity index (χ3n) is 5.49. The van der Waals surface area contributed by atoms with Crippen LogP contribution in [0.25, 0.3) is 5.65 Å². The minimum Gasteiger partial charge on any atom is -0.487 e. The van der Waals surface area contributed by atoms with Crippen LogP contribution < -0.4 is 10.1 Å². The van der Waals surface area contributed by atoms with E-state index in [0.29, 0.717) is 17.9 Å². The van der Waals surface area contributed by atoms with Crippen LogP contribution in [-0.4, -0.2) is 21.0 Å². The number of thioether (sulfide) groups is 1. The van der Waals surface area contributed by atoms with E-state index in [1.54, 1.807) is 0 Å². The van der Waals surface area contributed by atoms with Crippen LogP contribution in [0, 0.1) is 6.92 Å². The average molecular weight is 430 g/mol. The number of pyridine rings is 1. The highest BCUT2D eigenvalue weighted by atomic mass is 32.2. The van der Waals surface area contributed by atoms with Crippen molar-refractivity contribution < 1.29 is 9.53 Å². The van der Waals surface area contributed by atoms with Crippen molar-refractivity contribution in [1.82, 2.24) is 14.7 Å². The van der Waals surface area contributed by atoms with Crippen LogP contribution >= 0.6 is 11.8 Å². The monoisotopic (exact) mass is 429 g/mol. The largest absolute Gasteiger partial charge is 0.487 e. The number of hydrogen-bond acceptors (Lipinski definition) is 4. The van der Waals surface area contributed by atoms with E-state index < -0.39 is 0 Å². The molecule has 1 aliphatic rings. The second kappa shape index (κ2) is 8.47. The molecule has 2 aromatic carbocycles. The highest BCUT2D eigenvalue weighted by Gasteiger charge is 2.22. The summed E-state index contributed by atoms with van der Waals surface area (Å²) >= 11 is 1.85. The molecule has 0 aliphatic carbocycles. The molecular formula is C25H23N3O2S. The van der Waals surface area contributed by atoms with Gasteiger partial charge in [-0.25, -0.2) is 4.98 Å². The van der Waals surface area contributed by atoms with E-state index in [2.05, 4.69) is 22.4 Å². The van der Waals surface area contributed by atoms with Crippen LogP contribution in [0.4, 0.5) is 0 Å². The molecule has 0 saturated carbocycles. The zero-order chi connectivity index (χ0) is 21.2. The summed E-state index contributed by atoms with van der Waals surface area (Å²) in [5.74, 6) is 1.66. The van der Waals surface area contributed by atoms with Crippen molar-refractivity contribution in [2.75, 3.05) is 5.75 Å². The molecule has 1 N–H and O–H groups in total. The number of ether oxygens (including phenoxy) is 1. The van der Waals surface area contributed by atoms with Gasteiger partial charge in [-0.3, -0.25) is 4.79 Å². The van der Waals surface area contributed by atoms with E-state index in [9.17, 15) is 4.79 Å². The number of rotatable bonds is 5. The molecule has 1 amide bonds. The van der Waals surface area contributed by atoms with Crippen LogP contribution in [0.15, 0.2) is 78.0 Å². The number of nitrogens with one attached hydrogen (secondary N) is 1. The Labute approximate surface area is 185 Å². The third-order valence-corrected chi connectivity index (χ3v) is 6.62. The normalized spacial score (nSPS) is 15.5. The summed E-state index contributed by atoms with van der Waals surface area (Å²) in [6.45, 7) is 2.42. The molecule has 0 fully saturated rings. The summed E-state index contributed by atoms with van der Waals surface area (Å²) in [6.07, 6.45) is 4.90. The second-order valence-corrected chi connectivity index (χ2v) is 8.81. The van der Waals surface area contributed by atoms with Gasteiger partial charge in [-0.1, -0.05) is 24.3 Å². The number of amides is 1. The van der Waals surface area contributed by atoms with Crippen molar-refractivity contribution in [2.45, 2.75) is 30.9 Å². The molecular weight excluding hydrogens is 406 g/mol. The SMILES string of the molecule is Cc1cccn2cc(COc3ccc(C(=O)NC4CCSc5ccccc54)cc3)nc12. The van der Waals surface area contributed by atoms with E-state index in [1.165, 1.54) is 10.5 Å². The van der Waals surface area contributed by atoms with Gasteiger partial charge in [0, 0.05) is 28.6 Å². The Morgan fingerprint density at radius 1 is 1.16 bits per heavy atom. The minimum absolute atomic E-state index is 0.0550. The zero-order valence-electron chi connectivity index (χ0n) is 17.2. The maximum Gasteiger partial charge on any atom is 0.251 e. The maximum atomic E-state index is 12.8. The van der Waals surface area contributed by atoms with E-state index >= 15 is 0 Å². The van der Waals surface area contributed by atoms with Crippen molar-refractivity contribution in [1.29, 1.82) is 0 Å². The Hall–Kier alpha value is -3.25. The Balaban J connectivity index is 1.22. The van der Waals surface area contributed by atoms with Gasteiger partial charge in [0.05, 0.1) is 11.7 Å². The van der Waals surface area contributed by atoms with E-state index in [-0.39, 0.29) is 11.9 Å². The van der Waals surface area contributed by atoms with Gasteiger partial charge in [0.2, 0.25) is 0 Å². The van der Waals surface area contributed by atoms with Gasteiger partial charge in [-0.2, -0.15) is 0 Å². The molecule has 0 bridgehead atoms. The predicted octanol–water partition coefficient (Wildman–Crippen LogP) is 5.19. The van der Waals surface area contributed by atoms with Crippen LogP contribution in [0.5, 0.6) is 5.75 Å². The number of carbonyl (C=O) groups excluding carboxylic acids is 1. The van der Waals surface area contributed by atoms with Crippen molar-refractivity contribution >= 4 is 23.3 Å². The molecule has 2 aromatic heterocycles. The quantitative estimate of drug-likeness (QED) is 0.474. The molecule has 5 nitrogen and oxygen atoms in total. The summed E-state index contributed by atoms with van der Waals surface area (Å²) in [5, 5.41) is 3.18. The van der Waals surface area contributed by atoms with Gasteiger partial charge < -0.3 is 14.5 Å². The minimum atomic E-state index is -0.0610. The first-order valence-corrected chi connectivity index (χ1v) is 11.3. The highest BCUT2D eigenvalue weighted by Crippen LogP contribution is 2.35. The number of aromatic nitrogens is 2. The number of nitrogens with zero attached hydrogens (tertiary/aromatic N) is 2. The molecule has 6 heteroatoms. The summed E-state index contributed by atoms with van der Waals surface area (Å²) in [4.78, 5) is 18.7. The lowest BCUT2D eigenvalue weighted by Gasteiger charge is -2.25. The Morgan fingerprint density at radius 3 is 2.84 bits per heavy atom. The van der Waals surface area contributed by atoms with E-state index in [4.69, 9.17) is 4.74 Å². The Kier molecular flexibility index (Phi) is 5.38. The third kappa shape index (κ3) is 4.16. The van der Waals surface area contributed by atoms with Gasteiger partial charge in [-0.05, 0) is 60.9 Å². The molecule has 1 aliphatic heterocycles. The number of hydrogen-bond donors (Lipinski definition) is 1. The second-order valence-electron chi connectivity index (χ2n) is 7.67. The first-order chi connectivity index (χ1) is 15.2. The maximum absolute atomic E-state index is 12.8. The van der Waals surface area contributed by atoms with Gasteiger partial charge >= 0.3 is 0 Å². The number of benzene rings is 2. The van der Waals surface area contributed by atoms with Crippen LogP contribution in [0.3, 0.4) is 0 Å². The van der Waals surface area contributed by atoms with Crippen molar-refractivity contribution in [2.24, 2.45) is 0 Å². The van der Waals surface area contributed by atoms with Crippen LogP contribution in [0.2, 0.25) is 0 Å². The molecule has 31 heavy (non-hydrogen) atoms. The van der Waals surface area contributed by atoms with E-state index in [0.717, 1.165) is 29.1 Å². The van der Waals surface area contributed by atoms with E-state index in [1.807, 2.05) is 84.0 Å². The lowest BCUT2D eigenvalue weighted by Crippen LogP contribution is -2.30. The number of imidazole rings is 1. The van der Waals surface area contributed by atoms with Crippen molar-refractivity contribution in [3.63, 3.8) is 0 Å². The standard InChI is InChI=1S/C25H23N3O2S/c1-17-5-4-13-28-15-19(26-24(17)28)16-30-20-10-8-18(9-11-20)25(29)27-22-12-14-31-23-7-3-2-6-21(22)23/h2-11,13,15,22H,12,14,16H2,1H3,(H,27,29). The highest BCUT2D eigenvalue weighted by molar-refractivity contribution is 7.99. The van der Waals surface area contributed by atoms with Gasteiger partial charge in [-0.15, -0.1) is 11.8 Å². The first kappa shape index (κ1) is 19.7. The zero-order valence-corrected chi connectivity index (χ0v) is 18.1. The average Bonchev–Trinajstić information content (AvgIpc) is 3.23. The first-order valence-electron chi connectivity index (χ1n) is 10.4. The van der Waals surface area contributed by atoms with Gasteiger partial charge in [0.25, 0.3) is 5.91 Å². The summed E-state index contributed by atoms with van der Waals surface area (Å²) in [7, 11) is 0. The Bertz CT molecular complexity index is 1230. The fourth-order valence-corrected chi connectivity index (χ4v) is 4.99. The van der Waals surface area contributed by atoms with Crippen LogP contribution in [0.1, 0.15) is 39.6 Å². The Morgan fingerprint density at radius 2 is 2.00 bits per heavy atom. The fraction of sp³-hybridized carbons (Fsp3) is 0.200. The summed E-state index contributed by atoms with van der Waals surface area (Å²) < 4.78 is 7.89. The lowest BCUT2D eigenvalue weighted by atomic mass is 10.0. The van der Waals surface area contributed by atoms with Gasteiger partial charge in [0.1, 0.15) is 18.0 Å². The smallest absolute Gasteiger partial charge is 0.251 e. The fourth-order valence-electron chi connectivity index (χ4n) is 3.87. The molecule has 3 heterocycles. The lowest BCUT2D eigenvalue weighted by molar-refractivity contribution is 0.0935. The molecule has 0 saturated heterocycles. The molecule has 1 atom stereocenters. The number of carbonyl (C=O) groups is 1. The van der Waals surface area contributed by atoms with Crippen molar-refractivity contribution in [3.05, 3.63) is 95.4 Å². The van der Waals surface area contributed by atoms with Crippen molar-refractivity contribution in [3.8, 4) is 5.75 Å². The van der Waals surface area contributed by atoms with Gasteiger partial charge in [0.15, 0.2) is 0 Å². The molecule has 4 aromatic rings. The topological polar surface area (TPSA) is 55.6 Å². The molecule has 0 radical (unpaired) electrons. The van der Waals surface area contributed by atoms with Crippen LogP contribution in [-0.2, 0) is 6.61 Å².